The van der Waals surface area contributed by atoms with E-state index in [-0.39, 0.29) is 10.5 Å². The lowest BCUT2D eigenvalue weighted by molar-refractivity contribution is 0.433. The van der Waals surface area contributed by atoms with Gasteiger partial charge in [0.05, 0.1) is 5.25 Å². The highest BCUT2D eigenvalue weighted by atomic mass is 32.2. The number of benzene rings is 1. The number of hydrogen-bond acceptors (Lipinski definition) is 5. The molecule has 1 heterocycles. The Morgan fingerprint density at radius 1 is 1.21 bits per heavy atom. The predicted octanol–water partition coefficient (Wildman–Crippen LogP) is 2.52. The molecule has 102 valence electrons. The zero-order valence-corrected chi connectivity index (χ0v) is 11.3. The van der Waals surface area contributed by atoms with E-state index in [4.69, 9.17) is 10.2 Å². The Labute approximate surface area is 111 Å². The lowest BCUT2D eigenvalue weighted by Crippen LogP contribution is -2.24. The summed E-state index contributed by atoms with van der Waals surface area (Å²) in [5.41, 5.74) is 7.15. The second-order valence-corrected chi connectivity index (χ2v) is 7.12. The minimum Gasteiger partial charge on any atom is -0.428 e. The van der Waals surface area contributed by atoms with Crippen LogP contribution in [0.3, 0.4) is 0 Å². The van der Waals surface area contributed by atoms with Gasteiger partial charge >= 0.3 is 5.22 Å². The second kappa shape index (κ2) is 4.52. The first-order valence-electron chi connectivity index (χ1n) is 6.47. The van der Waals surface area contributed by atoms with Crippen molar-refractivity contribution in [2.75, 3.05) is 5.73 Å². The van der Waals surface area contributed by atoms with Crippen molar-refractivity contribution in [2.24, 2.45) is 0 Å². The van der Waals surface area contributed by atoms with E-state index in [1.54, 1.807) is 18.2 Å². The van der Waals surface area contributed by atoms with Crippen molar-refractivity contribution in [2.45, 2.75) is 42.6 Å². The van der Waals surface area contributed by atoms with Crippen molar-refractivity contribution in [1.82, 2.24) is 4.98 Å². The van der Waals surface area contributed by atoms with Crippen LogP contribution in [0.1, 0.15) is 32.1 Å². The van der Waals surface area contributed by atoms with Crippen molar-refractivity contribution in [1.29, 1.82) is 0 Å². The van der Waals surface area contributed by atoms with Gasteiger partial charge in [0.15, 0.2) is 5.58 Å². The van der Waals surface area contributed by atoms with Gasteiger partial charge in [0, 0.05) is 5.69 Å². The molecule has 19 heavy (non-hydrogen) atoms. The molecule has 5 nitrogen and oxygen atoms in total. The average Bonchev–Trinajstić information content (AvgIpc) is 2.83. The number of nitrogens with zero attached hydrogens (tertiary/aromatic N) is 1. The van der Waals surface area contributed by atoms with Crippen LogP contribution < -0.4 is 5.73 Å². The summed E-state index contributed by atoms with van der Waals surface area (Å²) in [4.78, 5) is 4.09. The van der Waals surface area contributed by atoms with Crippen LogP contribution in [0.5, 0.6) is 0 Å². The number of nitrogens with two attached hydrogens (primary N) is 1. The minimum atomic E-state index is -3.46. The third-order valence-corrected chi connectivity index (χ3v) is 5.64. The molecule has 2 N–H and O–H groups in total. The Morgan fingerprint density at radius 3 is 2.68 bits per heavy atom. The molecule has 0 spiro atoms. The van der Waals surface area contributed by atoms with E-state index in [0.717, 1.165) is 19.3 Å². The summed E-state index contributed by atoms with van der Waals surface area (Å²) in [6.45, 7) is 0. The maximum absolute atomic E-state index is 12.5. The third kappa shape index (κ3) is 2.20. The first-order chi connectivity index (χ1) is 9.07. The van der Waals surface area contributed by atoms with Gasteiger partial charge in [0.1, 0.15) is 5.52 Å². The van der Waals surface area contributed by atoms with Gasteiger partial charge in [-0.15, -0.1) is 0 Å². The molecule has 2 aromatic rings. The molecule has 1 fully saturated rings. The highest BCUT2D eigenvalue weighted by Gasteiger charge is 2.33. The summed E-state index contributed by atoms with van der Waals surface area (Å²) in [6, 6.07) is 4.95. The van der Waals surface area contributed by atoms with Gasteiger partial charge in [-0.1, -0.05) is 19.3 Å². The summed E-state index contributed by atoms with van der Waals surface area (Å²) in [5, 5.41) is -0.522. The largest absolute Gasteiger partial charge is 0.428 e. The van der Waals surface area contributed by atoms with E-state index in [9.17, 15) is 8.42 Å². The van der Waals surface area contributed by atoms with E-state index < -0.39 is 9.84 Å². The zero-order valence-electron chi connectivity index (χ0n) is 10.5. The molecule has 0 radical (unpaired) electrons. The average molecular weight is 280 g/mol. The Balaban J connectivity index is 2.02. The van der Waals surface area contributed by atoms with E-state index in [2.05, 4.69) is 4.98 Å². The topological polar surface area (TPSA) is 86.2 Å². The normalized spacial score (nSPS) is 17.9. The molecular formula is C13H16N2O3S. The van der Waals surface area contributed by atoms with Crippen LogP contribution in [0.15, 0.2) is 27.8 Å². The van der Waals surface area contributed by atoms with E-state index in [1.807, 2.05) is 0 Å². The summed E-state index contributed by atoms with van der Waals surface area (Å²) in [7, 11) is -3.46. The first-order valence-corrected chi connectivity index (χ1v) is 8.02. The van der Waals surface area contributed by atoms with Crippen LogP contribution >= 0.6 is 0 Å². The fraction of sp³-hybridized carbons (Fsp3) is 0.462. The molecule has 0 bridgehead atoms. The maximum Gasteiger partial charge on any atom is 0.316 e. The maximum atomic E-state index is 12.5. The molecule has 0 aliphatic heterocycles. The van der Waals surface area contributed by atoms with Crippen LogP contribution in [0.4, 0.5) is 5.69 Å². The molecule has 3 rings (SSSR count). The van der Waals surface area contributed by atoms with Crippen molar-refractivity contribution in [3.8, 4) is 0 Å². The number of rotatable bonds is 2. The fourth-order valence-corrected chi connectivity index (χ4v) is 4.23. The van der Waals surface area contributed by atoms with Crippen LogP contribution in [-0.4, -0.2) is 18.7 Å². The van der Waals surface area contributed by atoms with Crippen LogP contribution in [-0.2, 0) is 9.84 Å². The predicted molar refractivity (Wildman–Crippen MR) is 72.5 cm³/mol. The molecule has 1 aliphatic rings. The number of fused-ring (bicyclic) bond motifs is 1. The third-order valence-electron chi connectivity index (χ3n) is 3.63. The van der Waals surface area contributed by atoms with Gasteiger partial charge < -0.3 is 10.2 Å². The van der Waals surface area contributed by atoms with Gasteiger partial charge in [0.2, 0.25) is 9.84 Å². The number of anilines is 1. The first kappa shape index (κ1) is 12.5. The Morgan fingerprint density at radius 2 is 1.95 bits per heavy atom. The molecule has 0 atom stereocenters. The van der Waals surface area contributed by atoms with Gasteiger partial charge in [-0.05, 0) is 31.0 Å². The van der Waals surface area contributed by atoms with Gasteiger partial charge in [-0.3, -0.25) is 0 Å². The van der Waals surface area contributed by atoms with Crippen LogP contribution in [0.2, 0.25) is 0 Å². The standard InChI is InChI=1S/C13H16N2O3S/c14-9-6-7-12-11(8-9)15-13(18-12)19(16,17)10-4-2-1-3-5-10/h6-8,10H,1-5,14H2. The second-order valence-electron chi connectivity index (χ2n) is 5.01. The summed E-state index contributed by atoms with van der Waals surface area (Å²) < 4.78 is 30.3. The Kier molecular flexibility index (Phi) is 2.97. The zero-order chi connectivity index (χ0) is 13.5. The molecule has 1 saturated carbocycles. The molecule has 1 aliphatic carbocycles. The molecule has 0 saturated heterocycles. The van der Waals surface area contributed by atoms with Crippen molar-refractivity contribution >= 4 is 26.6 Å². The number of oxazole rings is 1. The highest BCUT2D eigenvalue weighted by Crippen LogP contribution is 2.30. The number of nitrogen functional groups attached to an aromatic ring is 1. The molecule has 0 unspecified atom stereocenters. The van der Waals surface area contributed by atoms with Crippen LogP contribution in [0, 0.1) is 0 Å². The molecule has 0 amide bonds. The van der Waals surface area contributed by atoms with Gasteiger partial charge in [-0.25, -0.2) is 8.42 Å². The smallest absolute Gasteiger partial charge is 0.316 e. The molecular weight excluding hydrogens is 264 g/mol. The lowest BCUT2D eigenvalue weighted by atomic mass is 10.0. The minimum absolute atomic E-state index is 0.167. The van der Waals surface area contributed by atoms with E-state index in [1.165, 1.54) is 0 Å². The molecule has 6 heteroatoms. The van der Waals surface area contributed by atoms with Gasteiger partial charge in [-0.2, -0.15) is 4.98 Å². The summed E-state index contributed by atoms with van der Waals surface area (Å²) >= 11 is 0. The summed E-state index contributed by atoms with van der Waals surface area (Å²) in [6.07, 6.45) is 4.41. The van der Waals surface area contributed by atoms with Crippen molar-refractivity contribution in [3.63, 3.8) is 0 Å². The SMILES string of the molecule is Nc1ccc2oc(S(=O)(=O)C3CCCCC3)nc2c1. The van der Waals surface area contributed by atoms with E-state index >= 15 is 0 Å². The monoisotopic (exact) mass is 280 g/mol. The quantitative estimate of drug-likeness (QED) is 0.854. The van der Waals surface area contributed by atoms with Crippen molar-refractivity contribution in [3.05, 3.63) is 18.2 Å². The number of aromatic nitrogens is 1. The van der Waals surface area contributed by atoms with Crippen LogP contribution in [0.25, 0.3) is 11.1 Å². The Hall–Kier alpha value is -1.56. The van der Waals surface area contributed by atoms with Crippen molar-refractivity contribution < 1.29 is 12.8 Å². The molecule has 1 aromatic carbocycles. The fourth-order valence-electron chi connectivity index (χ4n) is 2.56. The Bertz CT molecular complexity index is 700. The summed E-state index contributed by atoms with van der Waals surface area (Å²) in [5.74, 6) is 0. The number of sulfone groups is 1. The highest BCUT2D eigenvalue weighted by molar-refractivity contribution is 7.91. The van der Waals surface area contributed by atoms with E-state index in [0.29, 0.717) is 29.6 Å². The molecule has 1 aromatic heterocycles. The lowest BCUT2D eigenvalue weighted by Gasteiger charge is -2.19. The van der Waals surface area contributed by atoms with Gasteiger partial charge in [0.25, 0.3) is 0 Å². The number of hydrogen-bond donors (Lipinski definition) is 1.